The molecule has 112 valence electrons. The Morgan fingerprint density at radius 3 is 1.20 bits per heavy atom. The zero-order valence-corrected chi connectivity index (χ0v) is 13.1. The fourth-order valence-electron chi connectivity index (χ4n) is 0.528. The van der Waals surface area contributed by atoms with Crippen LogP contribution in [0.1, 0.15) is 52.9 Å². The quantitative estimate of drug-likeness (QED) is 0.387. The number of carboxylic acids is 3. The van der Waals surface area contributed by atoms with Gasteiger partial charge >= 0.3 is 17.4 Å². The van der Waals surface area contributed by atoms with Crippen molar-refractivity contribution in [2.75, 3.05) is 0 Å². The van der Waals surface area contributed by atoms with Crippen LogP contribution >= 0.6 is 0 Å². The molecule has 0 saturated carbocycles. The summed E-state index contributed by atoms with van der Waals surface area (Å²) in [6, 6.07) is 0. The molecule has 7 nitrogen and oxygen atoms in total. The Labute approximate surface area is 129 Å². The van der Waals surface area contributed by atoms with E-state index in [1.807, 2.05) is 6.92 Å². The molecule has 0 heterocycles. The van der Waals surface area contributed by atoms with Crippen molar-refractivity contribution in [3.8, 4) is 0 Å². The van der Waals surface area contributed by atoms with E-state index in [1.54, 1.807) is 0 Å². The second-order valence-electron chi connectivity index (χ2n) is 3.29. The van der Waals surface area contributed by atoms with Gasteiger partial charge in [0.15, 0.2) is 0 Å². The molecule has 0 aliphatic rings. The maximum absolute atomic E-state index is 10.4. The Balaban J connectivity index is -0.000000101. The number of Topliss-reactive ketones (excluding diaryl/α,β-unsaturated/α-hetero) is 1. The van der Waals surface area contributed by atoms with Gasteiger partial charge in [-0.1, -0.05) is 20.8 Å². The topological polar surface area (TPSA) is 137 Å². The van der Waals surface area contributed by atoms with E-state index in [9.17, 15) is 34.5 Å². The molecule has 0 amide bonds. The number of carbonyl (C=O) groups is 4. The predicted octanol–water partition coefficient (Wildman–Crippen LogP) is -2.59. The molecule has 0 aromatic heterocycles. The number of carbonyl (C=O) groups excluding carboxylic acids is 4. The Morgan fingerprint density at radius 2 is 1.05 bits per heavy atom. The summed E-state index contributed by atoms with van der Waals surface area (Å²) in [6.45, 7) is 4.90. The molecule has 0 N–H and O–H groups in total. The van der Waals surface area contributed by atoms with Gasteiger partial charge in [0.25, 0.3) is 0 Å². The van der Waals surface area contributed by atoms with Crippen molar-refractivity contribution >= 4 is 41.1 Å². The third-order valence-electron chi connectivity index (χ3n) is 1.45. The van der Waals surface area contributed by atoms with E-state index in [4.69, 9.17) is 0 Å². The van der Waals surface area contributed by atoms with E-state index >= 15 is 0 Å². The molecule has 0 aromatic rings. The summed E-state index contributed by atoms with van der Waals surface area (Å²) >= 11 is 0. The third kappa shape index (κ3) is 43.8. The van der Waals surface area contributed by atoms with Crippen LogP contribution in [0.2, 0.25) is 0 Å². The standard InChI is InChI=1S/C6H10O3.2C3H6O2.Al/c1-2-3-5(7)4-6(8)9;2*1-2-3(4)5;/h2-4H2,1H3,(H,8,9);2*2H2,1H3,(H,4,5);/q;;;+3/p-3. The van der Waals surface area contributed by atoms with Gasteiger partial charge in [-0.25, -0.2) is 0 Å². The van der Waals surface area contributed by atoms with Crippen molar-refractivity contribution in [3.63, 3.8) is 0 Å². The minimum atomic E-state index is -1.28. The number of ketones is 1. The van der Waals surface area contributed by atoms with E-state index in [-0.39, 0.29) is 36.0 Å². The zero-order chi connectivity index (χ0) is 15.8. The van der Waals surface area contributed by atoms with Crippen molar-refractivity contribution in [2.45, 2.75) is 52.9 Å². The SMILES string of the molecule is CCC(=O)[O-].CCC(=O)[O-].CCCC(=O)CC(=O)[O-].[Al+3]. The van der Waals surface area contributed by atoms with Crippen molar-refractivity contribution < 1.29 is 34.5 Å². The van der Waals surface area contributed by atoms with E-state index in [1.165, 1.54) is 13.8 Å². The number of hydrogen-bond acceptors (Lipinski definition) is 7. The first kappa shape index (κ1) is 27.0. The summed E-state index contributed by atoms with van der Waals surface area (Å²) in [4.78, 5) is 38.7. The molecule has 0 rings (SSSR count). The first-order chi connectivity index (χ1) is 8.70. The van der Waals surface area contributed by atoms with Crippen molar-refractivity contribution in [1.82, 2.24) is 0 Å². The van der Waals surface area contributed by atoms with Crippen LogP contribution in [0.15, 0.2) is 0 Å². The van der Waals surface area contributed by atoms with Crippen LogP contribution in [0.5, 0.6) is 0 Å². The molecule has 8 heteroatoms. The fraction of sp³-hybridized carbons (Fsp3) is 0.667. The minimum absolute atomic E-state index is 0. The number of rotatable bonds is 6. The van der Waals surface area contributed by atoms with Crippen LogP contribution in [0.4, 0.5) is 0 Å². The Hall–Kier alpha value is -1.39. The van der Waals surface area contributed by atoms with E-state index < -0.39 is 24.3 Å². The molecule has 0 aliphatic carbocycles. The molecule has 0 atom stereocenters. The summed E-state index contributed by atoms with van der Waals surface area (Å²) < 4.78 is 0. The average Bonchev–Trinajstić information content (AvgIpc) is 2.29. The van der Waals surface area contributed by atoms with Crippen LogP contribution in [-0.2, 0) is 19.2 Å². The van der Waals surface area contributed by atoms with Gasteiger partial charge in [0.1, 0.15) is 5.78 Å². The van der Waals surface area contributed by atoms with Crippen molar-refractivity contribution in [3.05, 3.63) is 0 Å². The molecule has 0 bridgehead atoms. The second-order valence-corrected chi connectivity index (χ2v) is 3.29. The predicted molar refractivity (Wildman–Crippen MR) is 65.9 cm³/mol. The van der Waals surface area contributed by atoms with Crippen molar-refractivity contribution in [1.29, 1.82) is 0 Å². The fourth-order valence-corrected chi connectivity index (χ4v) is 0.528. The van der Waals surface area contributed by atoms with E-state index in [0.717, 1.165) is 0 Å². The Kier molecular flexibility index (Phi) is 27.0. The minimum Gasteiger partial charge on any atom is -0.550 e. The van der Waals surface area contributed by atoms with Gasteiger partial charge < -0.3 is 29.7 Å². The molecular formula is C12H19AlO7. The van der Waals surface area contributed by atoms with Crippen molar-refractivity contribution in [2.24, 2.45) is 0 Å². The molecule has 20 heavy (non-hydrogen) atoms. The summed E-state index contributed by atoms with van der Waals surface area (Å²) in [5.74, 6) is -3.53. The first-order valence-corrected chi connectivity index (χ1v) is 5.82. The normalized spacial score (nSPS) is 7.75. The van der Waals surface area contributed by atoms with E-state index in [0.29, 0.717) is 12.8 Å². The maximum Gasteiger partial charge on any atom is 3.00 e. The molecule has 0 radical (unpaired) electrons. The monoisotopic (exact) mass is 302 g/mol. The Bertz CT molecular complexity index is 276. The molecule has 0 saturated heterocycles. The van der Waals surface area contributed by atoms with Gasteiger partial charge in [-0.2, -0.15) is 0 Å². The molecular weight excluding hydrogens is 283 g/mol. The van der Waals surface area contributed by atoms with Crippen LogP contribution in [0, 0.1) is 0 Å². The van der Waals surface area contributed by atoms with Crippen LogP contribution in [0.25, 0.3) is 0 Å². The van der Waals surface area contributed by atoms with Crippen LogP contribution in [-0.4, -0.2) is 41.1 Å². The van der Waals surface area contributed by atoms with E-state index in [2.05, 4.69) is 0 Å². The largest absolute Gasteiger partial charge is 3.00 e. The molecule has 0 spiro atoms. The van der Waals surface area contributed by atoms with Crippen LogP contribution < -0.4 is 15.3 Å². The Morgan fingerprint density at radius 1 is 0.750 bits per heavy atom. The van der Waals surface area contributed by atoms with Gasteiger partial charge in [0.05, 0.1) is 0 Å². The summed E-state index contributed by atoms with van der Waals surface area (Å²) in [6.07, 6.45) is 0.827. The average molecular weight is 302 g/mol. The smallest absolute Gasteiger partial charge is 0.550 e. The van der Waals surface area contributed by atoms with Gasteiger partial charge in [-0.3, -0.25) is 4.79 Å². The number of hydrogen-bond donors (Lipinski definition) is 0. The zero-order valence-electron chi connectivity index (χ0n) is 12.0. The first-order valence-electron chi connectivity index (χ1n) is 5.82. The van der Waals surface area contributed by atoms with Gasteiger partial charge in [-0.15, -0.1) is 0 Å². The summed E-state index contributed by atoms with van der Waals surface area (Å²) in [5.41, 5.74) is 0. The summed E-state index contributed by atoms with van der Waals surface area (Å²) in [7, 11) is 0. The molecule has 0 aromatic carbocycles. The number of aliphatic carboxylic acids is 3. The van der Waals surface area contributed by atoms with Gasteiger partial charge in [0, 0.05) is 30.7 Å². The molecule has 0 fully saturated rings. The van der Waals surface area contributed by atoms with Crippen LogP contribution in [0.3, 0.4) is 0 Å². The van der Waals surface area contributed by atoms with Gasteiger partial charge in [-0.05, 0) is 19.3 Å². The number of carboxylic acid groups (broad SMARTS) is 3. The third-order valence-corrected chi connectivity index (χ3v) is 1.45. The molecule has 0 unspecified atom stereocenters. The second kappa shape index (κ2) is 19.9. The maximum atomic E-state index is 10.4. The summed E-state index contributed by atoms with van der Waals surface area (Å²) in [5, 5.41) is 28.3. The molecule has 0 aliphatic heterocycles. The van der Waals surface area contributed by atoms with Gasteiger partial charge in [0.2, 0.25) is 0 Å².